The summed E-state index contributed by atoms with van der Waals surface area (Å²) in [6.07, 6.45) is 3.98. The van der Waals surface area contributed by atoms with Crippen LogP contribution in [0.4, 0.5) is 0 Å². The Kier molecular flexibility index (Phi) is 5.36. The van der Waals surface area contributed by atoms with Crippen LogP contribution in [0.1, 0.15) is 33.1 Å². The predicted octanol–water partition coefficient (Wildman–Crippen LogP) is 1.90. The first kappa shape index (κ1) is 15.5. The number of piperidine rings is 1. The van der Waals surface area contributed by atoms with Crippen molar-refractivity contribution in [2.45, 2.75) is 39.2 Å². The van der Waals surface area contributed by atoms with Gasteiger partial charge >= 0.3 is 6.01 Å². The second-order valence-electron chi connectivity index (χ2n) is 5.68. The zero-order chi connectivity index (χ0) is 15.2. The summed E-state index contributed by atoms with van der Waals surface area (Å²) in [6, 6.07) is 2.02. The zero-order valence-electron chi connectivity index (χ0n) is 12.9. The van der Waals surface area contributed by atoms with Gasteiger partial charge in [-0.2, -0.15) is 4.98 Å². The molecule has 2 rings (SSSR count). The number of carbonyl (C=O) groups excluding carboxylic acids is 1. The molecule has 0 spiro atoms. The van der Waals surface area contributed by atoms with Crippen LogP contribution in [0.3, 0.4) is 0 Å². The van der Waals surface area contributed by atoms with Crippen LogP contribution >= 0.6 is 0 Å². The number of hydrogen-bond donors (Lipinski definition) is 0. The van der Waals surface area contributed by atoms with Crippen molar-refractivity contribution in [1.82, 2.24) is 14.9 Å². The Morgan fingerprint density at radius 1 is 1.43 bits per heavy atom. The highest BCUT2D eigenvalue weighted by Gasteiger charge is 2.24. The Morgan fingerprint density at radius 2 is 2.14 bits per heavy atom. The summed E-state index contributed by atoms with van der Waals surface area (Å²) in [4.78, 5) is 22.0. The normalized spacial score (nSPS) is 16.1. The number of likely N-dealkylation sites (tertiary alicyclic amines) is 1. The molecule has 1 aliphatic rings. The molecule has 1 aromatic heterocycles. The molecule has 0 aromatic carbocycles. The molecule has 116 valence electrons. The quantitative estimate of drug-likeness (QED) is 0.829. The van der Waals surface area contributed by atoms with Crippen LogP contribution in [0.25, 0.3) is 0 Å². The van der Waals surface area contributed by atoms with Crippen LogP contribution in [0.2, 0.25) is 0 Å². The maximum atomic E-state index is 12.0. The van der Waals surface area contributed by atoms with Crippen molar-refractivity contribution < 1.29 is 14.3 Å². The lowest BCUT2D eigenvalue weighted by Gasteiger charge is -2.32. The van der Waals surface area contributed by atoms with Gasteiger partial charge in [0, 0.05) is 44.6 Å². The van der Waals surface area contributed by atoms with Crippen LogP contribution in [-0.4, -0.2) is 47.1 Å². The first-order valence-corrected chi connectivity index (χ1v) is 7.40. The molecule has 0 N–H and O–H groups in total. The molecular weight excluding hydrogens is 270 g/mol. The lowest BCUT2D eigenvalue weighted by atomic mass is 10.1. The van der Waals surface area contributed by atoms with Crippen LogP contribution in [0, 0.1) is 5.92 Å². The molecule has 1 aromatic rings. The minimum Gasteiger partial charge on any atom is -0.474 e. The smallest absolute Gasteiger partial charge is 0.319 e. The van der Waals surface area contributed by atoms with E-state index in [1.807, 2.05) is 4.90 Å². The summed E-state index contributed by atoms with van der Waals surface area (Å²) in [5, 5.41) is 0. The highest BCUT2D eigenvalue weighted by molar-refractivity contribution is 5.76. The number of rotatable bonds is 5. The summed E-state index contributed by atoms with van der Waals surface area (Å²) >= 11 is 0. The van der Waals surface area contributed by atoms with E-state index in [1.165, 1.54) is 7.11 Å². The average Bonchev–Trinajstić information content (AvgIpc) is 2.47. The first-order chi connectivity index (χ1) is 10.1. The molecule has 1 amide bonds. The number of hydrogen-bond acceptors (Lipinski definition) is 5. The maximum Gasteiger partial charge on any atom is 0.319 e. The summed E-state index contributed by atoms with van der Waals surface area (Å²) in [5.74, 6) is 1.17. The second kappa shape index (κ2) is 7.24. The van der Waals surface area contributed by atoms with Gasteiger partial charge in [-0.1, -0.05) is 13.8 Å². The lowest BCUT2D eigenvalue weighted by Crippen LogP contribution is -2.42. The Hall–Kier alpha value is -1.85. The van der Waals surface area contributed by atoms with Gasteiger partial charge in [0.25, 0.3) is 0 Å². The lowest BCUT2D eigenvalue weighted by molar-refractivity contribution is -0.133. The van der Waals surface area contributed by atoms with E-state index in [0.717, 1.165) is 25.9 Å². The van der Waals surface area contributed by atoms with Gasteiger partial charge in [0.15, 0.2) is 0 Å². The van der Waals surface area contributed by atoms with E-state index in [2.05, 4.69) is 23.8 Å². The number of ether oxygens (including phenoxy) is 2. The molecule has 1 fully saturated rings. The molecule has 2 heterocycles. The molecular formula is C15H23N3O3. The number of carbonyl (C=O) groups is 1. The highest BCUT2D eigenvalue weighted by Crippen LogP contribution is 2.19. The maximum absolute atomic E-state index is 12.0. The van der Waals surface area contributed by atoms with Gasteiger partial charge in [0.2, 0.25) is 11.8 Å². The van der Waals surface area contributed by atoms with Gasteiger partial charge in [-0.05, 0) is 5.92 Å². The van der Waals surface area contributed by atoms with Crippen LogP contribution in [-0.2, 0) is 4.79 Å². The molecule has 0 atom stereocenters. The SMILES string of the molecule is COc1nccc(OC2CCN(C(=O)CC(C)C)CC2)n1. The van der Waals surface area contributed by atoms with E-state index >= 15 is 0 Å². The fourth-order valence-electron chi connectivity index (χ4n) is 2.36. The molecule has 0 unspecified atom stereocenters. The van der Waals surface area contributed by atoms with E-state index < -0.39 is 0 Å². The third-order valence-corrected chi connectivity index (χ3v) is 3.46. The van der Waals surface area contributed by atoms with E-state index in [4.69, 9.17) is 9.47 Å². The Morgan fingerprint density at radius 3 is 2.76 bits per heavy atom. The van der Waals surface area contributed by atoms with E-state index in [0.29, 0.717) is 24.2 Å². The molecule has 0 saturated carbocycles. The number of aromatic nitrogens is 2. The topological polar surface area (TPSA) is 64.6 Å². The molecule has 1 aliphatic heterocycles. The van der Waals surface area contributed by atoms with E-state index in [9.17, 15) is 4.79 Å². The molecule has 0 radical (unpaired) electrons. The van der Waals surface area contributed by atoms with Crippen LogP contribution < -0.4 is 9.47 Å². The van der Waals surface area contributed by atoms with Crippen molar-refractivity contribution in [3.63, 3.8) is 0 Å². The van der Waals surface area contributed by atoms with E-state index in [1.54, 1.807) is 12.3 Å². The molecule has 1 saturated heterocycles. The minimum atomic E-state index is 0.0905. The van der Waals surface area contributed by atoms with Crippen LogP contribution in [0.5, 0.6) is 11.9 Å². The molecule has 0 aliphatic carbocycles. The number of methoxy groups -OCH3 is 1. The fraction of sp³-hybridized carbons (Fsp3) is 0.667. The first-order valence-electron chi connectivity index (χ1n) is 7.40. The van der Waals surface area contributed by atoms with Crippen LogP contribution in [0.15, 0.2) is 12.3 Å². The minimum absolute atomic E-state index is 0.0905. The van der Waals surface area contributed by atoms with Gasteiger partial charge in [-0.3, -0.25) is 4.79 Å². The van der Waals surface area contributed by atoms with Crippen molar-refractivity contribution in [3.8, 4) is 11.9 Å². The fourth-order valence-corrected chi connectivity index (χ4v) is 2.36. The predicted molar refractivity (Wildman–Crippen MR) is 78.3 cm³/mol. The Bertz CT molecular complexity index is 471. The summed E-state index contributed by atoms with van der Waals surface area (Å²) in [7, 11) is 1.53. The van der Waals surface area contributed by atoms with Gasteiger partial charge in [0.1, 0.15) is 6.10 Å². The molecule has 6 nitrogen and oxygen atoms in total. The second-order valence-corrected chi connectivity index (χ2v) is 5.68. The van der Waals surface area contributed by atoms with Crippen molar-refractivity contribution in [1.29, 1.82) is 0 Å². The van der Waals surface area contributed by atoms with Crippen molar-refractivity contribution in [2.75, 3.05) is 20.2 Å². The summed E-state index contributed by atoms with van der Waals surface area (Å²) in [5.41, 5.74) is 0. The summed E-state index contributed by atoms with van der Waals surface area (Å²) in [6.45, 7) is 5.63. The number of nitrogens with zero attached hydrogens (tertiary/aromatic N) is 3. The Balaban J connectivity index is 1.82. The highest BCUT2D eigenvalue weighted by atomic mass is 16.5. The largest absolute Gasteiger partial charge is 0.474 e. The standard InChI is InChI=1S/C15H23N3O3/c1-11(2)10-14(19)18-8-5-12(6-9-18)21-13-4-7-16-15(17-13)20-3/h4,7,11-12H,5-6,8-10H2,1-3H3. The zero-order valence-corrected chi connectivity index (χ0v) is 12.9. The van der Waals surface area contributed by atoms with E-state index in [-0.39, 0.29) is 12.0 Å². The van der Waals surface area contributed by atoms with Gasteiger partial charge < -0.3 is 14.4 Å². The summed E-state index contributed by atoms with van der Waals surface area (Å²) < 4.78 is 10.8. The van der Waals surface area contributed by atoms with Crippen molar-refractivity contribution in [2.24, 2.45) is 5.92 Å². The average molecular weight is 293 g/mol. The molecule has 0 bridgehead atoms. The Labute approximate surface area is 125 Å². The molecule has 21 heavy (non-hydrogen) atoms. The van der Waals surface area contributed by atoms with Gasteiger partial charge in [0.05, 0.1) is 7.11 Å². The molecule has 6 heteroatoms. The third-order valence-electron chi connectivity index (χ3n) is 3.46. The number of amides is 1. The van der Waals surface area contributed by atoms with Gasteiger partial charge in [-0.25, -0.2) is 4.98 Å². The van der Waals surface area contributed by atoms with Crippen molar-refractivity contribution >= 4 is 5.91 Å². The van der Waals surface area contributed by atoms with Gasteiger partial charge in [-0.15, -0.1) is 0 Å². The third kappa shape index (κ3) is 4.58. The monoisotopic (exact) mass is 293 g/mol. The van der Waals surface area contributed by atoms with Crippen molar-refractivity contribution in [3.05, 3.63) is 12.3 Å².